The van der Waals surface area contributed by atoms with Crippen molar-refractivity contribution >= 4 is 11.6 Å². The van der Waals surface area contributed by atoms with Crippen LogP contribution in [0.3, 0.4) is 0 Å². The molecule has 0 saturated heterocycles. The van der Waals surface area contributed by atoms with Gasteiger partial charge >= 0.3 is 0 Å². The van der Waals surface area contributed by atoms with Gasteiger partial charge in [-0.05, 0) is 45.4 Å². The second-order valence-electron chi connectivity index (χ2n) is 6.46. The van der Waals surface area contributed by atoms with Crippen LogP contribution in [0, 0.1) is 12.8 Å². The van der Waals surface area contributed by atoms with E-state index in [1.54, 1.807) is 0 Å². The fourth-order valence-electron chi connectivity index (χ4n) is 3.46. The lowest BCUT2D eigenvalue weighted by atomic mass is 9.74. The average Bonchev–Trinajstić information content (AvgIpc) is 2.68. The van der Waals surface area contributed by atoms with Gasteiger partial charge in [-0.25, -0.2) is 0 Å². The molecular formula is C16H28ClN3O. The molecule has 21 heavy (non-hydrogen) atoms. The maximum atomic E-state index is 6.57. The number of rotatable bonds is 5. The highest BCUT2D eigenvalue weighted by Gasteiger charge is 2.40. The summed E-state index contributed by atoms with van der Waals surface area (Å²) in [6, 6.07) is -0.0442. The van der Waals surface area contributed by atoms with Gasteiger partial charge in [0.25, 0.3) is 0 Å². The Bertz CT molecular complexity index is 478. The van der Waals surface area contributed by atoms with Gasteiger partial charge in [-0.1, -0.05) is 18.5 Å². The second kappa shape index (κ2) is 6.67. The quantitative estimate of drug-likeness (QED) is 0.908. The summed E-state index contributed by atoms with van der Waals surface area (Å²) in [4.78, 5) is 0. The third-order valence-corrected chi connectivity index (χ3v) is 5.39. The van der Waals surface area contributed by atoms with Crippen molar-refractivity contribution in [2.24, 2.45) is 18.7 Å². The van der Waals surface area contributed by atoms with Crippen LogP contribution in [-0.2, 0) is 18.2 Å². The van der Waals surface area contributed by atoms with Gasteiger partial charge in [0.1, 0.15) is 0 Å². The molecule has 4 nitrogen and oxygen atoms in total. The molecule has 1 aliphatic rings. The highest BCUT2D eigenvalue weighted by Crippen LogP contribution is 2.38. The molecule has 0 bridgehead atoms. The molecule has 0 spiro atoms. The highest BCUT2D eigenvalue weighted by molar-refractivity contribution is 6.31. The molecule has 0 amide bonds. The van der Waals surface area contributed by atoms with Crippen molar-refractivity contribution in [2.45, 2.75) is 64.5 Å². The van der Waals surface area contributed by atoms with Crippen molar-refractivity contribution < 1.29 is 4.74 Å². The summed E-state index contributed by atoms with van der Waals surface area (Å²) in [6.45, 7) is 6.99. The molecule has 0 aliphatic heterocycles. The van der Waals surface area contributed by atoms with Crippen molar-refractivity contribution in [1.82, 2.24) is 9.78 Å². The Morgan fingerprint density at radius 1 is 1.48 bits per heavy atom. The fraction of sp³-hybridized carbons (Fsp3) is 0.812. The minimum absolute atomic E-state index is 0.0442. The molecular weight excluding hydrogens is 286 g/mol. The Kier molecular flexibility index (Phi) is 5.33. The number of nitrogens with two attached hydrogens (primary N) is 1. The van der Waals surface area contributed by atoms with Gasteiger partial charge in [-0.2, -0.15) is 5.10 Å². The third kappa shape index (κ3) is 3.43. The van der Waals surface area contributed by atoms with Crippen molar-refractivity contribution in [2.75, 3.05) is 6.61 Å². The Morgan fingerprint density at radius 3 is 2.57 bits per heavy atom. The summed E-state index contributed by atoms with van der Waals surface area (Å²) >= 11 is 6.36. The summed E-state index contributed by atoms with van der Waals surface area (Å²) in [5.41, 5.74) is 8.24. The van der Waals surface area contributed by atoms with E-state index in [0.29, 0.717) is 13.0 Å². The molecule has 1 heterocycles. The fourth-order valence-corrected chi connectivity index (χ4v) is 3.69. The Hall–Kier alpha value is -0.580. The van der Waals surface area contributed by atoms with E-state index in [1.165, 1.54) is 12.8 Å². The standard InChI is InChI=1S/C16H28ClN3O/c1-5-21-16(8-6-11(2)7-9-16)14(18)10-13-15(17)12(3)19-20(13)4/h11,14H,5-10,18H2,1-4H3. The largest absolute Gasteiger partial charge is 0.374 e. The number of halogens is 1. The number of nitrogens with zero attached hydrogens (tertiary/aromatic N) is 2. The van der Waals surface area contributed by atoms with E-state index >= 15 is 0 Å². The molecule has 0 radical (unpaired) electrons. The van der Waals surface area contributed by atoms with Crippen molar-refractivity contribution in [3.63, 3.8) is 0 Å². The van der Waals surface area contributed by atoms with Crippen LogP contribution in [-0.4, -0.2) is 28.0 Å². The van der Waals surface area contributed by atoms with Crippen molar-refractivity contribution in [3.8, 4) is 0 Å². The molecule has 1 aromatic rings. The Labute approximate surface area is 133 Å². The average molecular weight is 314 g/mol. The number of ether oxygens (including phenoxy) is 1. The first-order chi connectivity index (χ1) is 9.89. The summed E-state index contributed by atoms with van der Waals surface area (Å²) in [5.74, 6) is 0.772. The van der Waals surface area contributed by atoms with E-state index in [-0.39, 0.29) is 11.6 Å². The molecule has 2 rings (SSSR count). The van der Waals surface area contributed by atoms with Crippen LogP contribution in [0.1, 0.15) is 50.9 Å². The van der Waals surface area contributed by atoms with E-state index in [1.807, 2.05) is 25.6 Å². The van der Waals surface area contributed by atoms with Gasteiger partial charge in [0, 0.05) is 26.1 Å². The molecule has 1 unspecified atom stereocenters. The predicted octanol–water partition coefficient (Wildman–Crippen LogP) is 3.24. The van der Waals surface area contributed by atoms with Gasteiger partial charge in [0.05, 0.1) is 22.0 Å². The van der Waals surface area contributed by atoms with Gasteiger partial charge < -0.3 is 10.5 Å². The van der Waals surface area contributed by atoms with Crippen molar-refractivity contribution in [3.05, 3.63) is 16.4 Å². The number of hydrogen-bond acceptors (Lipinski definition) is 3. The molecule has 1 fully saturated rings. The van der Waals surface area contributed by atoms with Crippen LogP contribution in [0.15, 0.2) is 0 Å². The van der Waals surface area contributed by atoms with Crippen LogP contribution in [0.25, 0.3) is 0 Å². The molecule has 5 heteroatoms. The highest BCUT2D eigenvalue weighted by atomic mass is 35.5. The Morgan fingerprint density at radius 2 is 2.10 bits per heavy atom. The normalized spacial score (nSPS) is 27.8. The maximum absolute atomic E-state index is 6.57. The van der Waals surface area contributed by atoms with E-state index in [0.717, 1.165) is 35.2 Å². The molecule has 1 aliphatic carbocycles. The number of aryl methyl sites for hydroxylation is 2. The SMILES string of the molecule is CCOC1(C(N)Cc2c(Cl)c(C)nn2C)CCC(C)CC1. The topological polar surface area (TPSA) is 53.1 Å². The maximum Gasteiger partial charge on any atom is 0.0847 e. The van der Waals surface area contributed by atoms with Gasteiger partial charge in [-0.15, -0.1) is 0 Å². The van der Waals surface area contributed by atoms with Crippen LogP contribution >= 0.6 is 11.6 Å². The van der Waals surface area contributed by atoms with Crippen LogP contribution in [0.5, 0.6) is 0 Å². The van der Waals surface area contributed by atoms with Gasteiger partial charge in [0.15, 0.2) is 0 Å². The molecule has 120 valence electrons. The molecule has 1 saturated carbocycles. The smallest absolute Gasteiger partial charge is 0.0847 e. The lowest BCUT2D eigenvalue weighted by Gasteiger charge is -2.43. The lowest BCUT2D eigenvalue weighted by Crippen LogP contribution is -2.53. The van der Waals surface area contributed by atoms with Gasteiger partial charge in [-0.3, -0.25) is 4.68 Å². The first-order valence-electron chi connectivity index (χ1n) is 7.97. The zero-order valence-electron chi connectivity index (χ0n) is 13.7. The first kappa shape index (κ1) is 16.8. The number of aromatic nitrogens is 2. The zero-order chi connectivity index (χ0) is 15.6. The van der Waals surface area contributed by atoms with E-state index in [9.17, 15) is 0 Å². The second-order valence-corrected chi connectivity index (χ2v) is 6.84. The number of hydrogen-bond donors (Lipinski definition) is 1. The summed E-state index contributed by atoms with van der Waals surface area (Å²) in [5, 5.41) is 5.12. The first-order valence-corrected chi connectivity index (χ1v) is 8.35. The molecule has 1 aromatic heterocycles. The molecule has 2 N–H and O–H groups in total. The van der Waals surface area contributed by atoms with Gasteiger partial charge in [0.2, 0.25) is 0 Å². The van der Waals surface area contributed by atoms with Crippen molar-refractivity contribution in [1.29, 1.82) is 0 Å². The Balaban J connectivity index is 2.17. The third-order valence-electron chi connectivity index (χ3n) is 4.90. The van der Waals surface area contributed by atoms with Crippen LogP contribution in [0.2, 0.25) is 5.02 Å². The van der Waals surface area contributed by atoms with E-state index < -0.39 is 0 Å². The minimum Gasteiger partial charge on any atom is -0.374 e. The predicted molar refractivity (Wildman–Crippen MR) is 86.6 cm³/mol. The summed E-state index contributed by atoms with van der Waals surface area (Å²) in [7, 11) is 1.93. The van der Waals surface area contributed by atoms with Crippen LogP contribution in [0.4, 0.5) is 0 Å². The van der Waals surface area contributed by atoms with E-state index in [4.69, 9.17) is 22.1 Å². The monoisotopic (exact) mass is 313 g/mol. The summed E-state index contributed by atoms with van der Waals surface area (Å²) < 4.78 is 7.99. The zero-order valence-corrected chi connectivity index (χ0v) is 14.4. The van der Waals surface area contributed by atoms with Crippen LogP contribution < -0.4 is 5.73 Å². The minimum atomic E-state index is -0.206. The van der Waals surface area contributed by atoms with E-state index in [2.05, 4.69) is 12.0 Å². The molecule has 0 aromatic carbocycles. The summed E-state index contributed by atoms with van der Waals surface area (Å²) in [6.07, 6.45) is 5.16. The molecule has 1 atom stereocenters. The lowest BCUT2D eigenvalue weighted by molar-refractivity contribution is -0.0886.